The van der Waals surface area contributed by atoms with E-state index in [2.05, 4.69) is 54.2 Å². The van der Waals surface area contributed by atoms with Crippen molar-refractivity contribution in [1.29, 1.82) is 0 Å². The molecule has 2 aromatic rings. The van der Waals surface area contributed by atoms with Crippen molar-refractivity contribution in [3.63, 3.8) is 0 Å². The molecule has 0 aliphatic heterocycles. The van der Waals surface area contributed by atoms with Gasteiger partial charge in [-0.25, -0.2) is 0 Å². The number of nitrogens with zero attached hydrogens (tertiary/aromatic N) is 1. The lowest BCUT2D eigenvalue weighted by Gasteiger charge is -2.09. The predicted molar refractivity (Wildman–Crippen MR) is 80.4 cm³/mol. The summed E-state index contributed by atoms with van der Waals surface area (Å²) in [7, 11) is 1.98. The van der Waals surface area contributed by atoms with E-state index in [4.69, 9.17) is 4.74 Å². The molecule has 0 unspecified atom stereocenters. The van der Waals surface area contributed by atoms with Crippen molar-refractivity contribution in [2.24, 2.45) is 5.92 Å². The highest BCUT2D eigenvalue weighted by Gasteiger charge is 2.02. The van der Waals surface area contributed by atoms with Crippen molar-refractivity contribution in [2.45, 2.75) is 26.9 Å². The van der Waals surface area contributed by atoms with Crippen molar-refractivity contribution >= 4 is 10.9 Å². The molecule has 0 radical (unpaired) electrons. The number of benzene rings is 1. The van der Waals surface area contributed by atoms with Crippen molar-refractivity contribution in [1.82, 2.24) is 9.88 Å². The smallest absolute Gasteiger partial charge is 0.0645 e. The highest BCUT2D eigenvalue weighted by Crippen LogP contribution is 2.17. The van der Waals surface area contributed by atoms with Crippen LogP contribution in [-0.2, 0) is 17.8 Å². The van der Waals surface area contributed by atoms with Crippen LogP contribution in [0.5, 0.6) is 0 Å². The Morgan fingerprint density at radius 3 is 2.84 bits per heavy atom. The van der Waals surface area contributed by atoms with Crippen LogP contribution in [0.1, 0.15) is 19.4 Å². The normalized spacial score (nSPS) is 11.6. The SMILES string of the molecule is CNCc1ccc2ccn(CCOCC(C)C)c2c1. The van der Waals surface area contributed by atoms with Gasteiger partial charge in [0.1, 0.15) is 0 Å². The topological polar surface area (TPSA) is 26.2 Å². The Kier molecular flexibility index (Phi) is 5.00. The van der Waals surface area contributed by atoms with E-state index in [1.807, 2.05) is 7.05 Å². The third kappa shape index (κ3) is 3.82. The van der Waals surface area contributed by atoms with Gasteiger partial charge in [0.2, 0.25) is 0 Å². The second kappa shape index (κ2) is 6.73. The van der Waals surface area contributed by atoms with E-state index in [0.717, 1.165) is 26.3 Å². The summed E-state index contributed by atoms with van der Waals surface area (Å²) < 4.78 is 7.93. The molecule has 0 amide bonds. The number of fused-ring (bicyclic) bond motifs is 1. The lowest BCUT2D eigenvalue weighted by molar-refractivity contribution is 0.104. The van der Waals surface area contributed by atoms with E-state index < -0.39 is 0 Å². The molecule has 0 spiro atoms. The molecule has 2 rings (SSSR count). The van der Waals surface area contributed by atoms with Crippen LogP contribution >= 0.6 is 0 Å². The van der Waals surface area contributed by atoms with Gasteiger partial charge in [0.05, 0.1) is 6.61 Å². The lowest BCUT2D eigenvalue weighted by atomic mass is 10.1. The van der Waals surface area contributed by atoms with Crippen LogP contribution in [-0.4, -0.2) is 24.8 Å². The zero-order valence-electron chi connectivity index (χ0n) is 12.1. The fourth-order valence-corrected chi connectivity index (χ4v) is 2.22. The molecule has 0 bridgehead atoms. The maximum atomic E-state index is 5.66. The van der Waals surface area contributed by atoms with E-state index >= 15 is 0 Å². The number of nitrogens with one attached hydrogen (secondary N) is 1. The summed E-state index contributed by atoms with van der Waals surface area (Å²) in [6, 6.07) is 8.79. The van der Waals surface area contributed by atoms with Crippen LogP contribution < -0.4 is 5.32 Å². The number of ether oxygens (including phenoxy) is 1. The largest absolute Gasteiger partial charge is 0.379 e. The minimum atomic E-state index is 0.601. The molecule has 0 fully saturated rings. The van der Waals surface area contributed by atoms with Gasteiger partial charge < -0.3 is 14.6 Å². The van der Waals surface area contributed by atoms with Crippen LogP contribution in [0.4, 0.5) is 0 Å². The molecule has 19 heavy (non-hydrogen) atoms. The Labute approximate surface area is 115 Å². The summed E-state index contributed by atoms with van der Waals surface area (Å²) in [5, 5.41) is 4.49. The molecule has 1 aromatic carbocycles. The second-order valence-corrected chi connectivity index (χ2v) is 5.40. The first-order chi connectivity index (χ1) is 9.20. The van der Waals surface area contributed by atoms with Gasteiger partial charge >= 0.3 is 0 Å². The van der Waals surface area contributed by atoms with Gasteiger partial charge in [-0.2, -0.15) is 0 Å². The third-order valence-electron chi connectivity index (χ3n) is 3.15. The first-order valence-electron chi connectivity index (χ1n) is 7.01. The minimum absolute atomic E-state index is 0.601. The quantitative estimate of drug-likeness (QED) is 0.774. The summed E-state index contributed by atoms with van der Waals surface area (Å²) >= 11 is 0. The summed E-state index contributed by atoms with van der Waals surface area (Å²) in [6.07, 6.45) is 2.15. The van der Waals surface area contributed by atoms with Gasteiger partial charge in [0.25, 0.3) is 0 Å². The van der Waals surface area contributed by atoms with Crippen molar-refractivity contribution in [3.05, 3.63) is 36.0 Å². The van der Waals surface area contributed by atoms with Crippen LogP contribution in [0.3, 0.4) is 0 Å². The summed E-state index contributed by atoms with van der Waals surface area (Å²) in [5.41, 5.74) is 2.61. The predicted octanol–water partition coefficient (Wildman–Crippen LogP) is 3.03. The van der Waals surface area contributed by atoms with E-state index in [-0.39, 0.29) is 0 Å². The number of rotatable bonds is 7. The molecule has 0 atom stereocenters. The molecule has 0 saturated carbocycles. The zero-order valence-corrected chi connectivity index (χ0v) is 12.1. The Hall–Kier alpha value is -1.32. The van der Waals surface area contributed by atoms with Gasteiger partial charge in [-0.15, -0.1) is 0 Å². The molecule has 0 saturated heterocycles. The standard InChI is InChI=1S/C16H24N2O/c1-13(2)12-19-9-8-18-7-6-15-5-4-14(11-17-3)10-16(15)18/h4-7,10,13,17H,8-9,11-12H2,1-3H3. The molecule has 0 aliphatic rings. The number of aromatic nitrogens is 1. The van der Waals surface area contributed by atoms with Crippen LogP contribution in [0.2, 0.25) is 0 Å². The van der Waals surface area contributed by atoms with Gasteiger partial charge in [-0.1, -0.05) is 26.0 Å². The Morgan fingerprint density at radius 2 is 2.11 bits per heavy atom. The highest BCUT2D eigenvalue weighted by molar-refractivity contribution is 5.80. The first-order valence-corrected chi connectivity index (χ1v) is 7.01. The monoisotopic (exact) mass is 260 g/mol. The van der Waals surface area contributed by atoms with Crippen molar-refractivity contribution < 1.29 is 4.74 Å². The summed E-state index contributed by atoms with van der Waals surface area (Å²) in [6.45, 7) is 7.79. The third-order valence-corrected chi connectivity index (χ3v) is 3.15. The van der Waals surface area contributed by atoms with Gasteiger partial charge in [-0.05, 0) is 36.0 Å². The average Bonchev–Trinajstić information content (AvgIpc) is 2.77. The highest BCUT2D eigenvalue weighted by atomic mass is 16.5. The van der Waals surface area contributed by atoms with Crippen molar-refractivity contribution in [3.8, 4) is 0 Å². The zero-order chi connectivity index (χ0) is 13.7. The molecule has 0 aliphatic carbocycles. The molecular formula is C16H24N2O. The Morgan fingerprint density at radius 1 is 1.26 bits per heavy atom. The maximum absolute atomic E-state index is 5.66. The Bertz CT molecular complexity index is 516. The summed E-state index contributed by atoms with van der Waals surface area (Å²) in [5.74, 6) is 0.601. The van der Waals surface area contributed by atoms with Gasteiger partial charge in [0.15, 0.2) is 0 Å². The van der Waals surface area contributed by atoms with Gasteiger partial charge in [0, 0.05) is 31.4 Å². The van der Waals surface area contributed by atoms with E-state index in [9.17, 15) is 0 Å². The molecule has 1 aromatic heterocycles. The maximum Gasteiger partial charge on any atom is 0.0645 e. The van der Waals surface area contributed by atoms with E-state index in [1.54, 1.807) is 0 Å². The van der Waals surface area contributed by atoms with Crippen LogP contribution in [0, 0.1) is 5.92 Å². The molecule has 3 nitrogen and oxygen atoms in total. The average molecular weight is 260 g/mol. The number of hydrogen-bond acceptors (Lipinski definition) is 2. The second-order valence-electron chi connectivity index (χ2n) is 5.40. The number of hydrogen-bond donors (Lipinski definition) is 1. The van der Waals surface area contributed by atoms with Crippen LogP contribution in [0.25, 0.3) is 10.9 Å². The molecular weight excluding hydrogens is 236 g/mol. The van der Waals surface area contributed by atoms with E-state index in [0.29, 0.717) is 5.92 Å². The lowest BCUT2D eigenvalue weighted by Crippen LogP contribution is -2.09. The fraction of sp³-hybridized carbons (Fsp3) is 0.500. The van der Waals surface area contributed by atoms with Gasteiger partial charge in [-0.3, -0.25) is 0 Å². The Balaban J connectivity index is 2.03. The minimum Gasteiger partial charge on any atom is -0.379 e. The molecule has 104 valence electrons. The molecule has 1 heterocycles. The molecule has 3 heteroatoms. The summed E-state index contributed by atoms with van der Waals surface area (Å²) in [4.78, 5) is 0. The first kappa shape index (κ1) is 14.1. The van der Waals surface area contributed by atoms with E-state index in [1.165, 1.54) is 16.5 Å². The van der Waals surface area contributed by atoms with Crippen molar-refractivity contribution in [2.75, 3.05) is 20.3 Å². The van der Waals surface area contributed by atoms with Crippen LogP contribution in [0.15, 0.2) is 30.5 Å². The molecule has 1 N–H and O–H groups in total. The fourth-order valence-electron chi connectivity index (χ4n) is 2.22.